The van der Waals surface area contributed by atoms with Gasteiger partial charge in [0.2, 0.25) is 0 Å². The molecule has 0 aliphatic carbocycles. The summed E-state index contributed by atoms with van der Waals surface area (Å²) < 4.78 is 10.4. The van der Waals surface area contributed by atoms with Gasteiger partial charge in [0, 0.05) is 39.9 Å². The fourth-order valence-electron chi connectivity index (χ4n) is 5.01. The average Bonchev–Trinajstić information content (AvgIpc) is 3.08. The van der Waals surface area contributed by atoms with Gasteiger partial charge in [-0.25, -0.2) is 4.79 Å². The van der Waals surface area contributed by atoms with E-state index in [-0.39, 0.29) is 11.9 Å². The Balaban J connectivity index is 1.42. The molecule has 4 rings (SSSR count). The fraction of sp³-hybridized carbons (Fsp3) is 0.429. The number of piperidine rings is 1. The molecule has 2 saturated heterocycles. The maximum absolute atomic E-state index is 13.7. The number of benzene rings is 2. The molecule has 1 spiro atoms. The van der Waals surface area contributed by atoms with Crippen LogP contribution >= 0.6 is 0 Å². The van der Waals surface area contributed by atoms with Crippen molar-refractivity contribution in [2.24, 2.45) is 0 Å². The highest BCUT2D eigenvalue weighted by atomic mass is 16.5. The first-order chi connectivity index (χ1) is 17.1. The molecule has 2 aromatic rings. The maximum atomic E-state index is 13.7. The number of amides is 3. The summed E-state index contributed by atoms with van der Waals surface area (Å²) in [7, 11) is 3.32. The summed E-state index contributed by atoms with van der Waals surface area (Å²) in [5.41, 5.74) is 1.33. The first-order valence-electron chi connectivity index (χ1n) is 12.3. The second kappa shape index (κ2) is 11.5. The summed E-state index contributed by atoms with van der Waals surface area (Å²) >= 11 is 0. The number of likely N-dealkylation sites (tertiary alicyclic amines) is 1. The molecule has 0 radical (unpaired) electrons. The molecule has 0 aromatic heterocycles. The van der Waals surface area contributed by atoms with Gasteiger partial charge in [-0.3, -0.25) is 14.6 Å². The minimum absolute atomic E-state index is 0.0582. The minimum Gasteiger partial charge on any atom is -0.497 e. The summed E-state index contributed by atoms with van der Waals surface area (Å²) in [6, 6.07) is 17.5. The molecule has 0 N–H and O–H groups in total. The molecule has 7 nitrogen and oxygen atoms in total. The van der Waals surface area contributed by atoms with Crippen LogP contribution in [0.4, 0.5) is 4.79 Å². The third-order valence-electron chi connectivity index (χ3n) is 7.01. The van der Waals surface area contributed by atoms with Gasteiger partial charge in [-0.2, -0.15) is 0 Å². The van der Waals surface area contributed by atoms with Crippen molar-refractivity contribution in [1.82, 2.24) is 14.7 Å². The highest BCUT2D eigenvalue weighted by molar-refractivity contribution is 6.07. The molecule has 2 fully saturated rings. The SMILES string of the molecule is COCCCN1C(=O)N(Cc2ccccc2)C(=O)C12CCN(C/C=C/c1ccc(OC)cc1)CC2. The monoisotopic (exact) mass is 477 g/mol. The molecular weight excluding hydrogens is 442 g/mol. The number of nitrogens with zero attached hydrogens (tertiary/aromatic N) is 3. The Morgan fingerprint density at radius 2 is 1.69 bits per heavy atom. The van der Waals surface area contributed by atoms with Gasteiger partial charge in [0.15, 0.2) is 0 Å². The highest BCUT2D eigenvalue weighted by Crippen LogP contribution is 2.38. The van der Waals surface area contributed by atoms with Crippen LogP contribution in [0.2, 0.25) is 0 Å². The van der Waals surface area contributed by atoms with Gasteiger partial charge in [0.25, 0.3) is 5.91 Å². The number of hydrogen-bond acceptors (Lipinski definition) is 5. The predicted octanol–water partition coefficient (Wildman–Crippen LogP) is 4.04. The lowest BCUT2D eigenvalue weighted by Crippen LogP contribution is -2.56. The van der Waals surface area contributed by atoms with Crippen molar-refractivity contribution in [2.75, 3.05) is 47.0 Å². The lowest BCUT2D eigenvalue weighted by atomic mass is 9.85. The number of urea groups is 1. The third kappa shape index (κ3) is 5.57. The highest BCUT2D eigenvalue weighted by Gasteiger charge is 2.57. The van der Waals surface area contributed by atoms with E-state index in [2.05, 4.69) is 17.1 Å². The van der Waals surface area contributed by atoms with Crippen LogP contribution in [-0.4, -0.2) is 79.2 Å². The molecule has 0 saturated carbocycles. The number of methoxy groups -OCH3 is 2. The largest absolute Gasteiger partial charge is 0.497 e. The molecule has 3 amide bonds. The van der Waals surface area contributed by atoms with Crippen LogP contribution in [0.25, 0.3) is 6.08 Å². The van der Waals surface area contributed by atoms with E-state index >= 15 is 0 Å². The summed E-state index contributed by atoms with van der Waals surface area (Å²) in [5.74, 6) is 0.785. The normalized spacial score (nSPS) is 18.2. The molecule has 35 heavy (non-hydrogen) atoms. The van der Waals surface area contributed by atoms with Crippen LogP contribution in [0.15, 0.2) is 60.7 Å². The first-order valence-corrected chi connectivity index (χ1v) is 12.3. The van der Waals surface area contributed by atoms with E-state index in [9.17, 15) is 9.59 Å². The van der Waals surface area contributed by atoms with Gasteiger partial charge in [-0.1, -0.05) is 54.6 Å². The van der Waals surface area contributed by atoms with Crippen LogP contribution in [0.5, 0.6) is 5.75 Å². The number of carbonyl (C=O) groups excluding carboxylic acids is 2. The summed E-state index contributed by atoms with van der Waals surface area (Å²) in [5, 5.41) is 0. The molecular formula is C28H35N3O4. The van der Waals surface area contributed by atoms with Gasteiger partial charge in [0.05, 0.1) is 13.7 Å². The van der Waals surface area contributed by atoms with E-state index in [0.717, 1.165) is 36.5 Å². The number of carbonyl (C=O) groups is 2. The number of ether oxygens (including phenoxy) is 2. The topological polar surface area (TPSA) is 62.3 Å². The Morgan fingerprint density at radius 3 is 2.34 bits per heavy atom. The maximum Gasteiger partial charge on any atom is 0.327 e. The molecule has 2 aromatic carbocycles. The quantitative estimate of drug-likeness (QED) is 0.382. The molecule has 2 heterocycles. The van der Waals surface area contributed by atoms with Crippen molar-refractivity contribution in [3.05, 3.63) is 71.8 Å². The van der Waals surface area contributed by atoms with Crippen molar-refractivity contribution in [2.45, 2.75) is 31.3 Å². The number of hydrogen-bond donors (Lipinski definition) is 0. The van der Waals surface area contributed by atoms with E-state index in [1.165, 1.54) is 4.90 Å². The Hall–Kier alpha value is -3.16. The van der Waals surface area contributed by atoms with Crippen molar-refractivity contribution in [3.8, 4) is 5.75 Å². The van der Waals surface area contributed by atoms with Gasteiger partial charge in [-0.05, 0) is 42.5 Å². The van der Waals surface area contributed by atoms with Crippen molar-refractivity contribution in [1.29, 1.82) is 0 Å². The van der Waals surface area contributed by atoms with E-state index in [1.807, 2.05) is 59.5 Å². The summed E-state index contributed by atoms with van der Waals surface area (Å²) in [6.07, 6.45) is 6.26. The Bertz CT molecular complexity index is 1010. The van der Waals surface area contributed by atoms with E-state index in [1.54, 1.807) is 14.2 Å². The smallest absolute Gasteiger partial charge is 0.327 e. The number of imide groups is 1. The van der Waals surface area contributed by atoms with Crippen LogP contribution < -0.4 is 4.74 Å². The Kier molecular flexibility index (Phi) is 8.21. The van der Waals surface area contributed by atoms with E-state index in [4.69, 9.17) is 9.47 Å². The third-order valence-corrected chi connectivity index (χ3v) is 7.01. The minimum atomic E-state index is -0.754. The Morgan fingerprint density at radius 1 is 0.971 bits per heavy atom. The first kappa shape index (κ1) is 24.9. The van der Waals surface area contributed by atoms with Crippen LogP contribution in [-0.2, 0) is 16.1 Å². The van der Waals surface area contributed by atoms with Gasteiger partial charge < -0.3 is 14.4 Å². The average molecular weight is 478 g/mol. The van der Waals surface area contributed by atoms with Gasteiger partial charge in [-0.15, -0.1) is 0 Å². The van der Waals surface area contributed by atoms with Crippen LogP contribution in [0.3, 0.4) is 0 Å². The van der Waals surface area contributed by atoms with E-state index in [0.29, 0.717) is 39.0 Å². The fourth-order valence-corrected chi connectivity index (χ4v) is 5.01. The summed E-state index contributed by atoms with van der Waals surface area (Å²) in [4.78, 5) is 32.7. The second-order valence-electron chi connectivity index (χ2n) is 9.17. The zero-order valence-electron chi connectivity index (χ0n) is 20.7. The van der Waals surface area contributed by atoms with Gasteiger partial charge in [0.1, 0.15) is 11.3 Å². The number of rotatable bonds is 10. The standard InChI is InChI=1S/C28H35N3O4/c1-34-21-7-18-31-27(33)30(22-24-8-4-3-5-9-24)26(32)28(31)15-19-29(20-16-28)17-6-10-23-11-13-25(35-2)14-12-23/h3-6,8-14H,7,15-22H2,1-2H3/b10-6+. The molecule has 2 aliphatic rings. The van der Waals surface area contributed by atoms with Crippen molar-refractivity contribution >= 4 is 18.0 Å². The van der Waals surface area contributed by atoms with Crippen LogP contribution in [0, 0.1) is 0 Å². The zero-order chi connectivity index (χ0) is 24.7. The second-order valence-corrected chi connectivity index (χ2v) is 9.17. The lowest BCUT2D eigenvalue weighted by Gasteiger charge is -2.42. The van der Waals surface area contributed by atoms with E-state index < -0.39 is 5.54 Å². The molecule has 0 unspecified atom stereocenters. The zero-order valence-corrected chi connectivity index (χ0v) is 20.7. The molecule has 0 bridgehead atoms. The summed E-state index contributed by atoms with van der Waals surface area (Å²) in [6.45, 7) is 3.75. The molecule has 0 atom stereocenters. The Labute approximate surface area is 207 Å². The lowest BCUT2D eigenvalue weighted by molar-refractivity contribution is -0.136. The van der Waals surface area contributed by atoms with Crippen molar-refractivity contribution < 1.29 is 19.1 Å². The predicted molar refractivity (Wildman–Crippen MR) is 136 cm³/mol. The van der Waals surface area contributed by atoms with Gasteiger partial charge >= 0.3 is 6.03 Å². The van der Waals surface area contributed by atoms with Crippen molar-refractivity contribution in [3.63, 3.8) is 0 Å². The molecule has 2 aliphatic heterocycles. The van der Waals surface area contributed by atoms with Crippen LogP contribution in [0.1, 0.15) is 30.4 Å². The molecule has 7 heteroatoms. The molecule has 186 valence electrons.